The van der Waals surface area contributed by atoms with Gasteiger partial charge in [0.25, 0.3) is 0 Å². The number of hydrogen-bond donors (Lipinski definition) is 3. The van der Waals surface area contributed by atoms with Crippen LogP contribution < -0.4 is 15.4 Å². The van der Waals surface area contributed by atoms with E-state index in [0.717, 1.165) is 0 Å². The van der Waals surface area contributed by atoms with E-state index < -0.39 is 6.10 Å². The monoisotopic (exact) mass is 314 g/mol. The van der Waals surface area contributed by atoms with Gasteiger partial charge in [-0.3, -0.25) is 0 Å². The molecule has 2 amide bonds. The molecule has 0 fully saturated rings. The molecule has 0 saturated heterocycles. The third kappa shape index (κ3) is 5.81. The Morgan fingerprint density at radius 3 is 2.67 bits per heavy atom. The van der Waals surface area contributed by atoms with Crippen molar-refractivity contribution in [2.75, 3.05) is 19.0 Å². The van der Waals surface area contributed by atoms with E-state index in [1.165, 1.54) is 7.11 Å². The van der Waals surface area contributed by atoms with E-state index in [9.17, 15) is 9.90 Å². The predicted molar refractivity (Wildman–Crippen MR) is 85.1 cm³/mol. The van der Waals surface area contributed by atoms with Gasteiger partial charge in [0.15, 0.2) is 0 Å². The number of aliphatic hydroxyl groups is 1. The molecule has 0 radical (unpaired) electrons. The highest BCUT2D eigenvalue weighted by Gasteiger charge is 2.21. The molecule has 0 heterocycles. The van der Waals surface area contributed by atoms with Gasteiger partial charge in [-0.15, -0.1) is 0 Å². The molecule has 0 spiro atoms. The SMILES string of the molecule is COc1ccc(Cl)cc1NC(=O)NCCC(O)C(C)(C)C. The van der Waals surface area contributed by atoms with E-state index in [0.29, 0.717) is 29.4 Å². The second-order valence-corrected chi connectivity index (χ2v) is 6.33. The van der Waals surface area contributed by atoms with E-state index in [1.807, 2.05) is 20.8 Å². The van der Waals surface area contributed by atoms with Crippen LogP contribution in [0.5, 0.6) is 5.75 Å². The number of nitrogens with one attached hydrogen (secondary N) is 2. The third-order valence-electron chi connectivity index (χ3n) is 3.11. The number of carbonyl (C=O) groups excluding carboxylic acids is 1. The summed E-state index contributed by atoms with van der Waals surface area (Å²) < 4.78 is 5.15. The van der Waals surface area contributed by atoms with Gasteiger partial charge in [-0.2, -0.15) is 0 Å². The number of carbonyl (C=O) groups is 1. The number of ether oxygens (including phenoxy) is 1. The summed E-state index contributed by atoms with van der Waals surface area (Å²) in [5.74, 6) is 0.532. The highest BCUT2D eigenvalue weighted by atomic mass is 35.5. The van der Waals surface area contributed by atoms with E-state index in [-0.39, 0.29) is 11.4 Å². The lowest BCUT2D eigenvalue weighted by atomic mass is 9.87. The molecule has 118 valence electrons. The fourth-order valence-electron chi connectivity index (χ4n) is 1.70. The summed E-state index contributed by atoms with van der Waals surface area (Å²) in [6, 6.07) is 4.62. The summed E-state index contributed by atoms with van der Waals surface area (Å²) in [6.07, 6.45) is 0.0161. The second kappa shape index (κ2) is 7.52. The Hall–Kier alpha value is -1.46. The first-order valence-corrected chi connectivity index (χ1v) is 7.18. The molecule has 1 atom stereocenters. The summed E-state index contributed by atoms with van der Waals surface area (Å²) in [7, 11) is 1.52. The van der Waals surface area contributed by atoms with Crippen molar-refractivity contribution in [3.8, 4) is 5.75 Å². The van der Waals surface area contributed by atoms with Crippen molar-refractivity contribution < 1.29 is 14.6 Å². The highest BCUT2D eigenvalue weighted by Crippen LogP contribution is 2.27. The van der Waals surface area contributed by atoms with Crippen LogP contribution in [0.1, 0.15) is 27.2 Å². The van der Waals surface area contributed by atoms with Gasteiger partial charge in [0.1, 0.15) is 5.75 Å². The molecule has 21 heavy (non-hydrogen) atoms. The van der Waals surface area contributed by atoms with Gasteiger partial charge in [0.05, 0.1) is 18.9 Å². The molecular formula is C15H23ClN2O3. The zero-order chi connectivity index (χ0) is 16.0. The minimum absolute atomic E-state index is 0.200. The molecule has 0 aromatic heterocycles. The molecule has 0 aliphatic carbocycles. The number of benzene rings is 1. The summed E-state index contributed by atoms with van der Waals surface area (Å²) in [6.45, 7) is 6.24. The van der Waals surface area contributed by atoms with Gasteiger partial charge < -0.3 is 20.5 Å². The van der Waals surface area contributed by atoms with Crippen LogP contribution in [0.2, 0.25) is 5.02 Å². The molecule has 5 nitrogen and oxygen atoms in total. The maximum absolute atomic E-state index is 11.8. The number of hydrogen-bond acceptors (Lipinski definition) is 3. The number of amides is 2. The molecule has 1 aromatic rings. The lowest BCUT2D eigenvalue weighted by Gasteiger charge is -2.25. The van der Waals surface area contributed by atoms with Crippen LogP contribution in [-0.2, 0) is 0 Å². The van der Waals surface area contributed by atoms with E-state index >= 15 is 0 Å². The maximum atomic E-state index is 11.8. The number of rotatable bonds is 5. The van der Waals surface area contributed by atoms with Crippen molar-refractivity contribution in [1.82, 2.24) is 5.32 Å². The molecular weight excluding hydrogens is 292 g/mol. The minimum atomic E-state index is -0.474. The van der Waals surface area contributed by atoms with Crippen molar-refractivity contribution in [3.63, 3.8) is 0 Å². The molecule has 0 bridgehead atoms. The minimum Gasteiger partial charge on any atom is -0.495 e. The molecule has 0 aliphatic heterocycles. The van der Waals surface area contributed by atoms with Crippen LogP contribution in [0, 0.1) is 5.41 Å². The van der Waals surface area contributed by atoms with Crippen molar-refractivity contribution in [3.05, 3.63) is 23.2 Å². The topological polar surface area (TPSA) is 70.6 Å². The zero-order valence-electron chi connectivity index (χ0n) is 12.9. The quantitative estimate of drug-likeness (QED) is 0.781. The number of anilines is 1. The van der Waals surface area contributed by atoms with Crippen LogP contribution in [-0.4, -0.2) is 30.9 Å². The van der Waals surface area contributed by atoms with Crippen LogP contribution >= 0.6 is 11.6 Å². The maximum Gasteiger partial charge on any atom is 0.319 e. The van der Waals surface area contributed by atoms with Gasteiger partial charge in [0.2, 0.25) is 0 Å². The average molecular weight is 315 g/mol. The number of halogens is 1. The average Bonchev–Trinajstić information content (AvgIpc) is 2.37. The van der Waals surface area contributed by atoms with Crippen LogP contribution in [0.3, 0.4) is 0 Å². The summed E-state index contributed by atoms with van der Waals surface area (Å²) in [5, 5.41) is 15.8. The van der Waals surface area contributed by atoms with Crippen molar-refractivity contribution >= 4 is 23.3 Å². The van der Waals surface area contributed by atoms with Gasteiger partial charge >= 0.3 is 6.03 Å². The number of urea groups is 1. The summed E-state index contributed by atoms with van der Waals surface area (Å²) in [4.78, 5) is 11.8. The van der Waals surface area contributed by atoms with E-state index in [2.05, 4.69) is 10.6 Å². The first kappa shape index (κ1) is 17.6. The summed E-state index contributed by atoms with van der Waals surface area (Å²) in [5.41, 5.74) is 0.299. The molecule has 0 saturated carbocycles. The molecule has 6 heteroatoms. The standard InChI is InChI=1S/C15H23ClN2O3/c1-15(2,3)13(19)7-8-17-14(20)18-11-9-10(16)5-6-12(11)21-4/h5-6,9,13,19H,7-8H2,1-4H3,(H2,17,18,20). The lowest BCUT2D eigenvalue weighted by Crippen LogP contribution is -2.34. The Morgan fingerprint density at radius 2 is 2.10 bits per heavy atom. The summed E-state index contributed by atoms with van der Waals surface area (Å²) >= 11 is 5.89. The fourth-order valence-corrected chi connectivity index (χ4v) is 1.87. The smallest absolute Gasteiger partial charge is 0.319 e. The Bertz CT molecular complexity index is 486. The van der Waals surface area contributed by atoms with Crippen molar-refractivity contribution in [2.24, 2.45) is 5.41 Å². The largest absolute Gasteiger partial charge is 0.495 e. The predicted octanol–water partition coefficient (Wildman–Crippen LogP) is 3.27. The molecule has 3 N–H and O–H groups in total. The lowest BCUT2D eigenvalue weighted by molar-refractivity contribution is 0.0565. The Labute approximate surface area is 130 Å². The van der Waals surface area contributed by atoms with Gasteiger partial charge in [0, 0.05) is 11.6 Å². The molecule has 1 aromatic carbocycles. The van der Waals surface area contributed by atoms with Gasteiger partial charge in [-0.05, 0) is 30.0 Å². The van der Waals surface area contributed by atoms with E-state index in [4.69, 9.17) is 16.3 Å². The Balaban J connectivity index is 2.49. The van der Waals surface area contributed by atoms with Crippen LogP contribution in [0.4, 0.5) is 10.5 Å². The number of aliphatic hydroxyl groups excluding tert-OH is 1. The normalized spacial score (nSPS) is 12.7. The Morgan fingerprint density at radius 1 is 1.43 bits per heavy atom. The van der Waals surface area contributed by atoms with Gasteiger partial charge in [-0.1, -0.05) is 32.4 Å². The first-order valence-electron chi connectivity index (χ1n) is 6.80. The van der Waals surface area contributed by atoms with E-state index in [1.54, 1.807) is 18.2 Å². The van der Waals surface area contributed by atoms with Crippen molar-refractivity contribution in [1.29, 1.82) is 0 Å². The molecule has 1 unspecified atom stereocenters. The molecule has 1 rings (SSSR count). The number of methoxy groups -OCH3 is 1. The highest BCUT2D eigenvalue weighted by molar-refractivity contribution is 6.31. The third-order valence-corrected chi connectivity index (χ3v) is 3.35. The second-order valence-electron chi connectivity index (χ2n) is 5.90. The van der Waals surface area contributed by atoms with Crippen LogP contribution in [0.25, 0.3) is 0 Å². The fraction of sp³-hybridized carbons (Fsp3) is 0.533. The van der Waals surface area contributed by atoms with Gasteiger partial charge in [-0.25, -0.2) is 4.79 Å². The first-order chi connectivity index (χ1) is 9.74. The van der Waals surface area contributed by atoms with Crippen LogP contribution in [0.15, 0.2) is 18.2 Å². The zero-order valence-corrected chi connectivity index (χ0v) is 13.6. The van der Waals surface area contributed by atoms with Crippen molar-refractivity contribution in [2.45, 2.75) is 33.3 Å². The Kier molecular flexibility index (Phi) is 6.30. The molecule has 0 aliphatic rings.